The van der Waals surface area contributed by atoms with Gasteiger partial charge >= 0.3 is 0 Å². The third kappa shape index (κ3) is 2.92. The molecule has 0 aliphatic heterocycles. The van der Waals surface area contributed by atoms with Crippen molar-refractivity contribution in [2.45, 2.75) is 0 Å². The van der Waals surface area contributed by atoms with E-state index in [1.54, 1.807) is 22.8 Å². The van der Waals surface area contributed by atoms with Crippen molar-refractivity contribution in [2.24, 2.45) is 0 Å². The summed E-state index contributed by atoms with van der Waals surface area (Å²) in [6.45, 7) is 0. The van der Waals surface area contributed by atoms with Crippen LogP contribution in [0.2, 0.25) is 10.2 Å². The summed E-state index contributed by atoms with van der Waals surface area (Å²) in [4.78, 5) is 4.39. The van der Waals surface area contributed by atoms with E-state index >= 15 is 0 Å². The first-order valence-corrected chi connectivity index (χ1v) is 8.20. The van der Waals surface area contributed by atoms with Crippen molar-refractivity contribution in [3.8, 4) is 11.1 Å². The molecule has 25 heavy (non-hydrogen) atoms. The Balaban J connectivity index is 1.94. The molecule has 7 heteroatoms. The molecule has 4 rings (SSSR count). The van der Waals surface area contributed by atoms with Crippen LogP contribution in [0.15, 0.2) is 60.8 Å². The molecule has 2 aromatic heterocycles. The van der Waals surface area contributed by atoms with Crippen LogP contribution in [0.1, 0.15) is 0 Å². The standard InChI is InChI=1S/C18H11Cl2FN4/c19-13-10-12(6-7-14(13)21)23-18-16(11-4-2-1-3-5-11)17(20)24-15-8-9-22-25(15)18/h1-10,23H. The molecule has 4 nitrogen and oxygen atoms in total. The number of halogens is 3. The van der Waals surface area contributed by atoms with E-state index in [0.717, 1.165) is 5.56 Å². The van der Waals surface area contributed by atoms with Gasteiger partial charge in [-0.25, -0.2) is 9.37 Å². The first-order chi connectivity index (χ1) is 12.1. The number of aromatic nitrogens is 3. The molecule has 0 unspecified atom stereocenters. The van der Waals surface area contributed by atoms with E-state index < -0.39 is 5.82 Å². The number of anilines is 2. The summed E-state index contributed by atoms with van der Waals surface area (Å²) in [5.41, 5.74) is 2.79. The van der Waals surface area contributed by atoms with Gasteiger partial charge in [0.05, 0.1) is 16.8 Å². The lowest BCUT2D eigenvalue weighted by Gasteiger charge is -2.15. The summed E-state index contributed by atoms with van der Waals surface area (Å²) in [5, 5.41) is 7.92. The minimum atomic E-state index is -0.479. The molecule has 0 atom stereocenters. The maximum absolute atomic E-state index is 13.4. The lowest BCUT2D eigenvalue weighted by molar-refractivity contribution is 0.628. The number of benzene rings is 2. The van der Waals surface area contributed by atoms with Crippen molar-refractivity contribution in [3.63, 3.8) is 0 Å². The van der Waals surface area contributed by atoms with Gasteiger partial charge in [-0.2, -0.15) is 9.61 Å². The fourth-order valence-electron chi connectivity index (χ4n) is 2.60. The normalized spacial score (nSPS) is 11.0. The highest BCUT2D eigenvalue weighted by atomic mass is 35.5. The Morgan fingerprint density at radius 1 is 1.00 bits per heavy atom. The fourth-order valence-corrected chi connectivity index (χ4v) is 3.07. The highest BCUT2D eigenvalue weighted by Crippen LogP contribution is 2.36. The summed E-state index contributed by atoms with van der Waals surface area (Å²) in [6, 6.07) is 15.8. The zero-order valence-corrected chi connectivity index (χ0v) is 14.3. The fraction of sp³-hybridized carbons (Fsp3) is 0. The molecule has 0 amide bonds. The van der Waals surface area contributed by atoms with Crippen LogP contribution in [-0.2, 0) is 0 Å². The monoisotopic (exact) mass is 372 g/mol. The summed E-state index contributed by atoms with van der Waals surface area (Å²) in [7, 11) is 0. The van der Waals surface area contributed by atoms with Crippen molar-refractivity contribution < 1.29 is 4.39 Å². The number of nitrogens with zero attached hydrogens (tertiary/aromatic N) is 3. The Labute approximate surface area is 152 Å². The molecular weight excluding hydrogens is 362 g/mol. The highest BCUT2D eigenvalue weighted by molar-refractivity contribution is 6.33. The van der Waals surface area contributed by atoms with Crippen LogP contribution >= 0.6 is 23.2 Å². The van der Waals surface area contributed by atoms with E-state index in [2.05, 4.69) is 15.4 Å². The zero-order valence-electron chi connectivity index (χ0n) is 12.7. The predicted molar refractivity (Wildman–Crippen MR) is 98.1 cm³/mol. The van der Waals surface area contributed by atoms with Crippen LogP contribution in [0.25, 0.3) is 16.8 Å². The molecule has 0 aliphatic carbocycles. The predicted octanol–water partition coefficient (Wildman–Crippen LogP) is 5.59. The summed E-state index contributed by atoms with van der Waals surface area (Å²) in [6.07, 6.45) is 1.64. The van der Waals surface area contributed by atoms with Gasteiger partial charge in [-0.15, -0.1) is 0 Å². The molecule has 0 bridgehead atoms. The lowest BCUT2D eigenvalue weighted by Crippen LogP contribution is -2.05. The average Bonchev–Trinajstić information content (AvgIpc) is 3.07. The van der Waals surface area contributed by atoms with Gasteiger partial charge in [0.25, 0.3) is 0 Å². The van der Waals surface area contributed by atoms with Crippen molar-refractivity contribution in [1.82, 2.24) is 14.6 Å². The summed E-state index contributed by atoms with van der Waals surface area (Å²) >= 11 is 12.3. The Hall–Kier alpha value is -2.63. The van der Waals surface area contributed by atoms with E-state index in [-0.39, 0.29) is 5.02 Å². The molecule has 0 spiro atoms. The zero-order chi connectivity index (χ0) is 17.4. The minimum absolute atomic E-state index is 0.0307. The molecule has 0 radical (unpaired) electrons. The second kappa shape index (κ2) is 6.35. The molecule has 0 fully saturated rings. The van der Waals surface area contributed by atoms with Crippen LogP contribution in [0.3, 0.4) is 0 Å². The molecule has 4 aromatic rings. The van der Waals surface area contributed by atoms with Crippen LogP contribution in [-0.4, -0.2) is 14.6 Å². The van der Waals surface area contributed by atoms with Crippen LogP contribution in [0, 0.1) is 5.82 Å². The minimum Gasteiger partial charge on any atom is -0.339 e. The second-order valence-corrected chi connectivity index (χ2v) is 6.11. The number of hydrogen-bond donors (Lipinski definition) is 1. The smallest absolute Gasteiger partial charge is 0.159 e. The number of nitrogens with one attached hydrogen (secondary N) is 1. The van der Waals surface area contributed by atoms with Crippen LogP contribution in [0.5, 0.6) is 0 Å². The Kier molecular flexibility index (Phi) is 4.03. The van der Waals surface area contributed by atoms with Gasteiger partial charge in [-0.1, -0.05) is 53.5 Å². The van der Waals surface area contributed by atoms with Gasteiger partial charge in [0.2, 0.25) is 0 Å². The molecule has 2 heterocycles. The third-order valence-electron chi connectivity index (χ3n) is 3.74. The molecule has 0 aliphatic rings. The van der Waals surface area contributed by atoms with Gasteiger partial charge in [-0.3, -0.25) is 0 Å². The van der Waals surface area contributed by atoms with Crippen molar-refractivity contribution in [3.05, 3.63) is 76.8 Å². The number of hydrogen-bond acceptors (Lipinski definition) is 3. The van der Waals surface area contributed by atoms with Gasteiger partial charge < -0.3 is 5.32 Å². The largest absolute Gasteiger partial charge is 0.339 e. The topological polar surface area (TPSA) is 42.2 Å². The highest BCUT2D eigenvalue weighted by Gasteiger charge is 2.17. The first kappa shape index (κ1) is 15.9. The van der Waals surface area contributed by atoms with Gasteiger partial charge in [-0.05, 0) is 23.8 Å². The van der Waals surface area contributed by atoms with Crippen LogP contribution in [0.4, 0.5) is 15.9 Å². The van der Waals surface area contributed by atoms with Crippen molar-refractivity contribution in [1.29, 1.82) is 0 Å². The maximum atomic E-state index is 13.4. The lowest BCUT2D eigenvalue weighted by atomic mass is 10.1. The third-order valence-corrected chi connectivity index (χ3v) is 4.30. The molecule has 2 aromatic carbocycles. The van der Waals surface area contributed by atoms with Gasteiger partial charge in [0, 0.05) is 11.8 Å². The molecule has 0 saturated heterocycles. The molecular formula is C18H11Cl2FN4. The van der Waals surface area contributed by atoms with Gasteiger partial charge in [0.15, 0.2) is 5.65 Å². The SMILES string of the molecule is Fc1ccc(Nc2c(-c3ccccc3)c(Cl)nc3ccnn23)cc1Cl. The van der Waals surface area contributed by atoms with Crippen molar-refractivity contribution >= 4 is 40.4 Å². The van der Waals surface area contributed by atoms with Crippen LogP contribution < -0.4 is 5.32 Å². The quantitative estimate of drug-likeness (QED) is 0.477. The Morgan fingerprint density at radius 2 is 1.80 bits per heavy atom. The Morgan fingerprint density at radius 3 is 2.56 bits per heavy atom. The van der Waals surface area contributed by atoms with Crippen molar-refractivity contribution in [2.75, 3.05) is 5.32 Å². The summed E-state index contributed by atoms with van der Waals surface area (Å²) < 4.78 is 15.1. The second-order valence-electron chi connectivity index (χ2n) is 5.35. The molecule has 0 saturated carbocycles. The summed E-state index contributed by atoms with van der Waals surface area (Å²) in [5.74, 6) is 0.140. The average molecular weight is 373 g/mol. The van der Waals surface area contributed by atoms with E-state index in [4.69, 9.17) is 23.2 Å². The number of rotatable bonds is 3. The van der Waals surface area contributed by atoms with E-state index in [1.165, 1.54) is 12.1 Å². The van der Waals surface area contributed by atoms with E-state index in [0.29, 0.717) is 27.9 Å². The number of fused-ring (bicyclic) bond motifs is 1. The molecule has 1 N–H and O–H groups in total. The first-order valence-electron chi connectivity index (χ1n) is 7.44. The maximum Gasteiger partial charge on any atom is 0.159 e. The Bertz CT molecular complexity index is 1060. The van der Waals surface area contributed by atoms with E-state index in [9.17, 15) is 4.39 Å². The van der Waals surface area contributed by atoms with Gasteiger partial charge in [0.1, 0.15) is 16.8 Å². The molecule has 124 valence electrons. The van der Waals surface area contributed by atoms with E-state index in [1.807, 2.05) is 30.3 Å².